The molecule has 20 heavy (non-hydrogen) atoms. The van der Waals surface area contributed by atoms with Crippen molar-refractivity contribution in [3.05, 3.63) is 22.7 Å². The van der Waals surface area contributed by atoms with E-state index in [2.05, 4.69) is 21.2 Å². The molecule has 0 radical (unpaired) electrons. The minimum absolute atomic E-state index is 0.0445. The van der Waals surface area contributed by atoms with Crippen LogP contribution in [-0.2, 0) is 9.59 Å². The van der Waals surface area contributed by atoms with E-state index in [1.165, 1.54) is 0 Å². The number of nitrogens with one attached hydrogen (secondary N) is 1. The number of nitrogen functional groups attached to an aromatic ring is 1. The summed E-state index contributed by atoms with van der Waals surface area (Å²) in [6.45, 7) is 3.94. The Hall–Kier alpha value is -1.60. The number of nitrogens with zero attached hydrogens (tertiary/aromatic N) is 1. The molecule has 1 aromatic carbocycles. The van der Waals surface area contributed by atoms with E-state index in [0.29, 0.717) is 15.8 Å². The second-order valence-corrected chi connectivity index (χ2v) is 5.61. The molecular formula is C13H19BrN4O2. The Balaban J connectivity index is 2.68. The third kappa shape index (κ3) is 5.18. The summed E-state index contributed by atoms with van der Waals surface area (Å²) in [5.74, 6) is -0.675. The van der Waals surface area contributed by atoms with Crippen LogP contribution in [0, 0.1) is 0 Å². The highest BCUT2D eigenvalue weighted by Gasteiger charge is 2.16. The molecule has 0 heterocycles. The summed E-state index contributed by atoms with van der Waals surface area (Å²) in [5, 5.41) is 2.76. The lowest BCUT2D eigenvalue weighted by Crippen LogP contribution is -2.43. The fraction of sp³-hybridized carbons (Fsp3) is 0.385. The molecular weight excluding hydrogens is 324 g/mol. The van der Waals surface area contributed by atoms with E-state index in [4.69, 9.17) is 11.5 Å². The van der Waals surface area contributed by atoms with E-state index in [1.54, 1.807) is 23.1 Å². The first kappa shape index (κ1) is 16.5. The van der Waals surface area contributed by atoms with Gasteiger partial charge in [-0.25, -0.2) is 0 Å². The molecule has 0 aliphatic heterocycles. The highest BCUT2D eigenvalue weighted by molar-refractivity contribution is 9.10. The van der Waals surface area contributed by atoms with Gasteiger partial charge in [0.05, 0.1) is 18.8 Å². The molecule has 110 valence electrons. The molecule has 1 rings (SSSR count). The van der Waals surface area contributed by atoms with Crippen LogP contribution < -0.4 is 16.8 Å². The van der Waals surface area contributed by atoms with E-state index in [1.807, 2.05) is 13.8 Å². The van der Waals surface area contributed by atoms with Crippen molar-refractivity contribution < 1.29 is 9.59 Å². The number of carbonyl (C=O) groups is 2. The number of carbonyl (C=O) groups excluding carboxylic acids is 2. The van der Waals surface area contributed by atoms with Crippen LogP contribution in [0.15, 0.2) is 22.7 Å². The summed E-state index contributed by atoms with van der Waals surface area (Å²) in [7, 11) is 0. The Labute approximate surface area is 126 Å². The summed E-state index contributed by atoms with van der Waals surface area (Å²) in [6.07, 6.45) is 0. The van der Waals surface area contributed by atoms with Crippen molar-refractivity contribution in [3.8, 4) is 0 Å². The fourth-order valence-corrected chi connectivity index (χ4v) is 2.12. The van der Waals surface area contributed by atoms with Crippen LogP contribution in [0.5, 0.6) is 0 Å². The van der Waals surface area contributed by atoms with Gasteiger partial charge in [-0.1, -0.05) is 0 Å². The Morgan fingerprint density at radius 3 is 2.50 bits per heavy atom. The third-order valence-electron chi connectivity index (χ3n) is 2.70. The number of amides is 2. The molecule has 0 saturated heterocycles. The number of hydrogen-bond donors (Lipinski definition) is 3. The number of halogens is 1. The molecule has 5 N–H and O–H groups in total. The van der Waals surface area contributed by atoms with Crippen LogP contribution in [0.4, 0.5) is 11.4 Å². The molecule has 0 unspecified atom stereocenters. The smallest absolute Gasteiger partial charge is 0.238 e. The van der Waals surface area contributed by atoms with Gasteiger partial charge in [0.15, 0.2) is 0 Å². The standard InChI is InChI=1S/C13H19BrN4O2/c1-8(2)18(6-12(16)19)7-13(20)17-11-4-3-9(15)5-10(11)14/h3-5,8H,6-7,15H2,1-2H3,(H2,16,19)(H,17,20). The minimum atomic E-state index is -0.458. The zero-order chi connectivity index (χ0) is 15.3. The predicted molar refractivity (Wildman–Crippen MR) is 83.1 cm³/mol. The van der Waals surface area contributed by atoms with Gasteiger partial charge in [-0.15, -0.1) is 0 Å². The average molecular weight is 343 g/mol. The molecule has 0 atom stereocenters. The van der Waals surface area contributed by atoms with Crippen LogP contribution in [0.3, 0.4) is 0 Å². The lowest BCUT2D eigenvalue weighted by atomic mass is 10.2. The highest BCUT2D eigenvalue weighted by Crippen LogP contribution is 2.24. The number of nitrogens with two attached hydrogens (primary N) is 2. The monoisotopic (exact) mass is 342 g/mol. The van der Waals surface area contributed by atoms with Crippen molar-refractivity contribution >= 4 is 39.1 Å². The molecule has 1 aromatic rings. The van der Waals surface area contributed by atoms with Gasteiger partial charge < -0.3 is 16.8 Å². The zero-order valence-electron chi connectivity index (χ0n) is 11.5. The van der Waals surface area contributed by atoms with E-state index in [-0.39, 0.29) is 25.0 Å². The number of anilines is 2. The van der Waals surface area contributed by atoms with Gasteiger partial charge in [0, 0.05) is 16.2 Å². The molecule has 0 aliphatic rings. The second-order valence-electron chi connectivity index (χ2n) is 4.75. The van der Waals surface area contributed by atoms with E-state index >= 15 is 0 Å². The first-order valence-electron chi connectivity index (χ1n) is 6.17. The maximum atomic E-state index is 12.0. The predicted octanol–water partition coefficient (Wildman–Crippen LogP) is 1.17. The van der Waals surface area contributed by atoms with Gasteiger partial charge in [0.25, 0.3) is 0 Å². The van der Waals surface area contributed by atoms with Gasteiger partial charge in [0.1, 0.15) is 0 Å². The van der Waals surface area contributed by atoms with Gasteiger partial charge in [-0.2, -0.15) is 0 Å². The van der Waals surface area contributed by atoms with Crippen molar-refractivity contribution in [2.45, 2.75) is 19.9 Å². The SMILES string of the molecule is CC(C)N(CC(N)=O)CC(=O)Nc1ccc(N)cc1Br. The van der Waals surface area contributed by atoms with Gasteiger partial charge in [0.2, 0.25) is 11.8 Å². The summed E-state index contributed by atoms with van der Waals surface area (Å²) in [5.41, 5.74) is 12.0. The van der Waals surface area contributed by atoms with E-state index in [9.17, 15) is 9.59 Å². The van der Waals surface area contributed by atoms with Crippen molar-refractivity contribution in [1.82, 2.24) is 4.90 Å². The van der Waals surface area contributed by atoms with Crippen LogP contribution in [-0.4, -0.2) is 35.8 Å². The molecule has 0 aromatic heterocycles. The van der Waals surface area contributed by atoms with Crippen molar-refractivity contribution in [2.24, 2.45) is 5.73 Å². The first-order chi connectivity index (χ1) is 9.29. The molecule has 0 fully saturated rings. The van der Waals surface area contributed by atoms with Crippen LogP contribution >= 0.6 is 15.9 Å². The van der Waals surface area contributed by atoms with E-state index in [0.717, 1.165) is 0 Å². The molecule has 0 spiro atoms. The molecule has 2 amide bonds. The summed E-state index contributed by atoms with van der Waals surface area (Å²) in [4.78, 5) is 24.7. The van der Waals surface area contributed by atoms with Crippen LogP contribution in [0.2, 0.25) is 0 Å². The summed E-state index contributed by atoms with van der Waals surface area (Å²) >= 11 is 3.33. The molecule has 0 saturated carbocycles. The lowest BCUT2D eigenvalue weighted by molar-refractivity contribution is -0.121. The molecule has 7 heteroatoms. The normalized spacial score (nSPS) is 10.8. The fourth-order valence-electron chi connectivity index (χ4n) is 1.63. The molecule has 0 bridgehead atoms. The Bertz CT molecular complexity index is 505. The van der Waals surface area contributed by atoms with Gasteiger partial charge >= 0.3 is 0 Å². The summed E-state index contributed by atoms with van der Waals surface area (Å²) < 4.78 is 0.705. The van der Waals surface area contributed by atoms with E-state index < -0.39 is 5.91 Å². The maximum Gasteiger partial charge on any atom is 0.238 e. The van der Waals surface area contributed by atoms with Crippen molar-refractivity contribution in [1.29, 1.82) is 0 Å². The Morgan fingerprint density at radius 1 is 1.35 bits per heavy atom. The Morgan fingerprint density at radius 2 is 2.00 bits per heavy atom. The van der Waals surface area contributed by atoms with Crippen molar-refractivity contribution in [2.75, 3.05) is 24.1 Å². The highest BCUT2D eigenvalue weighted by atomic mass is 79.9. The number of rotatable bonds is 6. The molecule has 0 aliphatic carbocycles. The minimum Gasteiger partial charge on any atom is -0.399 e. The number of primary amides is 1. The molecule has 6 nitrogen and oxygen atoms in total. The van der Waals surface area contributed by atoms with Crippen molar-refractivity contribution in [3.63, 3.8) is 0 Å². The number of benzene rings is 1. The van der Waals surface area contributed by atoms with Gasteiger partial charge in [-0.05, 0) is 48.0 Å². The largest absolute Gasteiger partial charge is 0.399 e. The zero-order valence-corrected chi connectivity index (χ0v) is 13.1. The lowest BCUT2D eigenvalue weighted by Gasteiger charge is -2.24. The van der Waals surface area contributed by atoms with Crippen LogP contribution in [0.1, 0.15) is 13.8 Å². The van der Waals surface area contributed by atoms with Gasteiger partial charge in [-0.3, -0.25) is 14.5 Å². The number of hydrogen-bond acceptors (Lipinski definition) is 4. The summed E-state index contributed by atoms with van der Waals surface area (Å²) in [6, 6.07) is 5.16. The quantitative estimate of drug-likeness (QED) is 0.675. The van der Waals surface area contributed by atoms with Crippen LogP contribution in [0.25, 0.3) is 0 Å². The second kappa shape index (κ2) is 7.25. The Kier molecular flexibility index (Phi) is 5.97. The first-order valence-corrected chi connectivity index (χ1v) is 6.96. The third-order valence-corrected chi connectivity index (χ3v) is 3.36. The topological polar surface area (TPSA) is 101 Å². The maximum absolute atomic E-state index is 12.0. The average Bonchev–Trinajstić information content (AvgIpc) is 2.31.